The van der Waals surface area contributed by atoms with Gasteiger partial charge in [0.15, 0.2) is 17.6 Å². The van der Waals surface area contributed by atoms with Gasteiger partial charge in [-0.1, -0.05) is 12.1 Å². The Kier molecular flexibility index (Phi) is 4.81. The molecule has 27 heavy (non-hydrogen) atoms. The lowest BCUT2D eigenvalue weighted by Crippen LogP contribution is -2.52. The summed E-state index contributed by atoms with van der Waals surface area (Å²) in [5.74, 6) is 0.790. The van der Waals surface area contributed by atoms with E-state index in [9.17, 15) is 14.9 Å². The molecule has 2 aromatic rings. The lowest BCUT2D eigenvalue weighted by atomic mass is 9.96. The number of hydrogen-bond donors (Lipinski definition) is 1. The number of ether oxygens (including phenoxy) is 2. The van der Waals surface area contributed by atoms with Gasteiger partial charge in [-0.05, 0) is 45.0 Å². The van der Waals surface area contributed by atoms with Crippen LogP contribution in [0.2, 0.25) is 0 Å². The van der Waals surface area contributed by atoms with E-state index in [1.165, 1.54) is 24.3 Å². The highest BCUT2D eigenvalue weighted by Crippen LogP contribution is 2.38. The number of fused-ring (bicyclic) bond motifs is 1. The van der Waals surface area contributed by atoms with Crippen molar-refractivity contribution < 1.29 is 19.2 Å². The first-order valence-electron chi connectivity index (χ1n) is 8.31. The molecule has 1 heterocycles. The van der Waals surface area contributed by atoms with Crippen molar-refractivity contribution in [3.8, 4) is 11.5 Å². The second kappa shape index (κ2) is 7.06. The summed E-state index contributed by atoms with van der Waals surface area (Å²) in [6, 6.07) is 12.6. The molecule has 1 atom stereocenters. The number of nitro benzene ring substituents is 1. The van der Waals surface area contributed by atoms with Gasteiger partial charge in [-0.25, -0.2) is 5.43 Å². The lowest BCUT2D eigenvalue weighted by molar-refractivity contribution is -0.384. The van der Waals surface area contributed by atoms with Gasteiger partial charge in [-0.15, -0.1) is 0 Å². The molecule has 0 saturated carbocycles. The number of nitro groups is 1. The minimum atomic E-state index is -0.681. The molecule has 8 nitrogen and oxygen atoms in total. The standard InChI is InChI=1S/C19H19N3O5/c1-12(17-19(2,3)27-16-7-5-4-6-15(16)26-17)20-21-18(23)13-8-10-14(11-9-13)22(24)25/h4-11,17H,1-3H3,(H,21,23)/b20-12-/t17-/m1/s1. The van der Waals surface area contributed by atoms with Gasteiger partial charge in [0.2, 0.25) is 0 Å². The van der Waals surface area contributed by atoms with E-state index in [0.29, 0.717) is 17.2 Å². The molecule has 0 unspecified atom stereocenters. The molecule has 0 bridgehead atoms. The van der Waals surface area contributed by atoms with Crippen molar-refractivity contribution in [2.45, 2.75) is 32.5 Å². The number of para-hydroxylation sites is 2. The number of hydrogen-bond acceptors (Lipinski definition) is 6. The Morgan fingerprint density at radius 1 is 1.15 bits per heavy atom. The Balaban J connectivity index is 1.73. The molecule has 0 aromatic heterocycles. The molecular formula is C19H19N3O5. The van der Waals surface area contributed by atoms with E-state index >= 15 is 0 Å². The minimum absolute atomic E-state index is 0.0839. The van der Waals surface area contributed by atoms with Gasteiger partial charge in [-0.2, -0.15) is 5.10 Å². The van der Waals surface area contributed by atoms with E-state index in [4.69, 9.17) is 9.47 Å². The van der Waals surface area contributed by atoms with Crippen molar-refractivity contribution in [2.75, 3.05) is 0 Å². The monoisotopic (exact) mass is 369 g/mol. The number of carbonyl (C=O) groups is 1. The second-order valence-corrected chi connectivity index (χ2v) is 6.65. The van der Waals surface area contributed by atoms with Gasteiger partial charge in [-0.3, -0.25) is 14.9 Å². The van der Waals surface area contributed by atoms with Crippen LogP contribution in [0.4, 0.5) is 5.69 Å². The molecule has 0 aliphatic carbocycles. The highest BCUT2D eigenvalue weighted by molar-refractivity contribution is 5.96. The number of nitrogens with one attached hydrogen (secondary N) is 1. The SMILES string of the molecule is C/C(=N/NC(=O)c1ccc([N+](=O)[O-])cc1)[C@H]1Oc2ccccc2OC1(C)C. The van der Waals surface area contributed by atoms with Gasteiger partial charge < -0.3 is 9.47 Å². The van der Waals surface area contributed by atoms with Crippen molar-refractivity contribution in [3.05, 3.63) is 64.2 Å². The van der Waals surface area contributed by atoms with Crippen LogP contribution in [0, 0.1) is 10.1 Å². The fourth-order valence-corrected chi connectivity index (χ4v) is 2.82. The molecular weight excluding hydrogens is 350 g/mol. The maximum atomic E-state index is 12.2. The van der Waals surface area contributed by atoms with E-state index in [1.807, 2.05) is 32.0 Å². The number of hydrazone groups is 1. The van der Waals surface area contributed by atoms with Crippen LogP contribution in [0.25, 0.3) is 0 Å². The molecule has 140 valence electrons. The highest BCUT2D eigenvalue weighted by Gasteiger charge is 2.40. The fourth-order valence-electron chi connectivity index (χ4n) is 2.82. The molecule has 1 amide bonds. The summed E-state index contributed by atoms with van der Waals surface area (Å²) in [5, 5.41) is 14.8. The van der Waals surface area contributed by atoms with Crippen molar-refractivity contribution in [1.82, 2.24) is 5.43 Å². The van der Waals surface area contributed by atoms with Gasteiger partial charge in [0.05, 0.1) is 10.6 Å². The number of benzene rings is 2. The van der Waals surface area contributed by atoms with Crippen LogP contribution in [0.1, 0.15) is 31.1 Å². The number of non-ortho nitro benzene ring substituents is 1. The average Bonchev–Trinajstić information content (AvgIpc) is 2.64. The predicted octanol–water partition coefficient (Wildman–Crippen LogP) is 3.32. The first kappa shape index (κ1) is 18.4. The van der Waals surface area contributed by atoms with Crippen LogP contribution in [-0.4, -0.2) is 28.2 Å². The normalized spacial score (nSPS) is 17.9. The number of amides is 1. The lowest BCUT2D eigenvalue weighted by Gasteiger charge is -2.39. The Morgan fingerprint density at radius 3 is 2.41 bits per heavy atom. The van der Waals surface area contributed by atoms with E-state index < -0.39 is 22.5 Å². The topological polar surface area (TPSA) is 103 Å². The zero-order valence-electron chi connectivity index (χ0n) is 15.1. The van der Waals surface area contributed by atoms with Crippen LogP contribution in [0.3, 0.4) is 0 Å². The summed E-state index contributed by atoms with van der Waals surface area (Å²) < 4.78 is 12.0. The van der Waals surface area contributed by atoms with Crippen molar-refractivity contribution >= 4 is 17.3 Å². The summed E-state index contributed by atoms with van der Waals surface area (Å²) in [5.41, 5.74) is 2.48. The van der Waals surface area contributed by atoms with Crippen LogP contribution in [0.15, 0.2) is 53.6 Å². The van der Waals surface area contributed by atoms with Crippen LogP contribution in [0.5, 0.6) is 11.5 Å². The van der Waals surface area contributed by atoms with Gasteiger partial charge >= 0.3 is 0 Å². The average molecular weight is 369 g/mol. The Hall–Kier alpha value is -3.42. The number of nitrogens with zero attached hydrogens (tertiary/aromatic N) is 2. The molecule has 1 aliphatic rings. The van der Waals surface area contributed by atoms with Gasteiger partial charge in [0.1, 0.15) is 5.60 Å². The summed E-state index contributed by atoms with van der Waals surface area (Å²) in [4.78, 5) is 22.4. The molecule has 3 rings (SSSR count). The molecule has 0 saturated heterocycles. The fraction of sp³-hybridized carbons (Fsp3) is 0.263. The van der Waals surface area contributed by atoms with Gasteiger partial charge in [0.25, 0.3) is 11.6 Å². The molecule has 0 fully saturated rings. The zero-order valence-corrected chi connectivity index (χ0v) is 15.1. The van der Waals surface area contributed by atoms with Crippen LogP contribution in [-0.2, 0) is 0 Å². The third-order valence-electron chi connectivity index (χ3n) is 4.15. The van der Waals surface area contributed by atoms with E-state index in [-0.39, 0.29) is 11.3 Å². The Morgan fingerprint density at radius 2 is 1.78 bits per heavy atom. The summed E-state index contributed by atoms with van der Waals surface area (Å²) in [6.45, 7) is 5.50. The number of carbonyl (C=O) groups excluding carboxylic acids is 1. The largest absolute Gasteiger partial charge is 0.480 e. The van der Waals surface area contributed by atoms with E-state index in [0.717, 1.165) is 0 Å². The summed E-state index contributed by atoms with van der Waals surface area (Å²) in [6.07, 6.45) is -0.496. The van der Waals surface area contributed by atoms with Crippen molar-refractivity contribution in [3.63, 3.8) is 0 Å². The Labute approximate surface area is 155 Å². The smallest absolute Gasteiger partial charge is 0.271 e. The van der Waals surface area contributed by atoms with Gasteiger partial charge in [0, 0.05) is 17.7 Å². The first-order valence-corrected chi connectivity index (χ1v) is 8.31. The first-order chi connectivity index (χ1) is 12.8. The van der Waals surface area contributed by atoms with E-state index in [2.05, 4.69) is 10.5 Å². The van der Waals surface area contributed by atoms with E-state index in [1.54, 1.807) is 13.0 Å². The van der Waals surface area contributed by atoms with Crippen molar-refractivity contribution in [1.29, 1.82) is 0 Å². The quantitative estimate of drug-likeness (QED) is 0.506. The molecule has 0 spiro atoms. The highest BCUT2D eigenvalue weighted by atomic mass is 16.6. The molecule has 1 N–H and O–H groups in total. The van der Waals surface area contributed by atoms with Crippen LogP contribution < -0.4 is 14.9 Å². The second-order valence-electron chi connectivity index (χ2n) is 6.65. The third kappa shape index (κ3) is 3.89. The summed E-state index contributed by atoms with van der Waals surface area (Å²) >= 11 is 0. The maximum absolute atomic E-state index is 12.2. The minimum Gasteiger partial charge on any atom is -0.480 e. The summed E-state index contributed by atoms with van der Waals surface area (Å²) in [7, 11) is 0. The molecule has 1 aliphatic heterocycles. The molecule has 0 radical (unpaired) electrons. The predicted molar refractivity (Wildman–Crippen MR) is 99.2 cm³/mol. The molecule has 8 heteroatoms. The maximum Gasteiger partial charge on any atom is 0.271 e. The Bertz CT molecular complexity index is 906. The number of rotatable bonds is 4. The third-order valence-corrected chi connectivity index (χ3v) is 4.15. The zero-order chi connectivity index (χ0) is 19.6. The molecule has 2 aromatic carbocycles. The van der Waals surface area contributed by atoms with Crippen molar-refractivity contribution in [2.24, 2.45) is 5.10 Å². The van der Waals surface area contributed by atoms with Crippen LogP contribution >= 0.6 is 0 Å².